The van der Waals surface area contributed by atoms with E-state index in [-0.39, 0.29) is 5.78 Å². The van der Waals surface area contributed by atoms with Crippen LogP contribution in [0.3, 0.4) is 0 Å². The van der Waals surface area contributed by atoms with Crippen molar-refractivity contribution in [3.63, 3.8) is 0 Å². The van der Waals surface area contributed by atoms with Gasteiger partial charge >= 0.3 is 0 Å². The largest absolute Gasteiger partial charge is 0.293 e. The highest BCUT2D eigenvalue weighted by atomic mass is 127. The number of alkyl halides is 1. The highest BCUT2D eigenvalue weighted by molar-refractivity contribution is 14.1. The van der Waals surface area contributed by atoms with Gasteiger partial charge in [0, 0.05) is 9.13 Å². The van der Waals surface area contributed by atoms with E-state index < -0.39 is 5.38 Å². The lowest BCUT2D eigenvalue weighted by Gasteiger charge is -2.06. The lowest BCUT2D eigenvalue weighted by Crippen LogP contribution is -2.11. The number of Topliss-reactive ketones (excluding diaryl/α,β-unsaturated/α-hetero) is 1. The third-order valence-corrected chi connectivity index (χ3v) is 2.68. The number of carbonyl (C=O) groups is 1. The molecule has 70 valence electrons. The lowest BCUT2D eigenvalue weighted by molar-refractivity contribution is 0.0991. The summed E-state index contributed by atoms with van der Waals surface area (Å²) in [5.74, 6) is -0.00410. The van der Waals surface area contributed by atoms with Crippen LogP contribution in [0.4, 0.5) is 0 Å². The Kier molecular flexibility index (Phi) is 3.74. The fourth-order valence-electron chi connectivity index (χ4n) is 1.12. The summed E-state index contributed by atoms with van der Waals surface area (Å²) in [5.41, 5.74) is 1.72. The van der Waals surface area contributed by atoms with Gasteiger partial charge in [0.15, 0.2) is 5.78 Å². The number of aryl methyl sites for hydroxylation is 1. The Bertz CT molecular complexity index is 334. The molecule has 1 rings (SSSR count). The standard InChI is InChI=1S/C10H10ClIO/c1-6-5-8(12)3-4-9(6)10(13)7(2)11/h3-5,7H,1-2H3. The molecule has 0 radical (unpaired) electrons. The summed E-state index contributed by atoms with van der Waals surface area (Å²) in [7, 11) is 0. The van der Waals surface area contributed by atoms with Crippen molar-refractivity contribution in [1.29, 1.82) is 0 Å². The third-order valence-electron chi connectivity index (χ3n) is 1.82. The number of halogens is 2. The minimum absolute atomic E-state index is 0.00410. The van der Waals surface area contributed by atoms with Gasteiger partial charge in [-0.25, -0.2) is 0 Å². The molecule has 0 aliphatic heterocycles. The van der Waals surface area contributed by atoms with Crippen LogP contribution in [0.1, 0.15) is 22.8 Å². The van der Waals surface area contributed by atoms with Gasteiger partial charge in [0.1, 0.15) is 0 Å². The van der Waals surface area contributed by atoms with Crippen LogP contribution >= 0.6 is 34.2 Å². The number of carbonyl (C=O) groups excluding carboxylic acids is 1. The van der Waals surface area contributed by atoms with E-state index in [9.17, 15) is 4.79 Å². The molecule has 0 saturated carbocycles. The van der Waals surface area contributed by atoms with Crippen LogP contribution in [0.15, 0.2) is 18.2 Å². The average Bonchev–Trinajstić information content (AvgIpc) is 2.03. The van der Waals surface area contributed by atoms with E-state index in [2.05, 4.69) is 22.6 Å². The normalized spacial score (nSPS) is 12.6. The summed E-state index contributed by atoms with van der Waals surface area (Å²) in [6, 6.07) is 5.73. The molecule has 1 aromatic rings. The molecule has 0 aromatic heterocycles. The first kappa shape index (κ1) is 11.0. The summed E-state index contributed by atoms with van der Waals surface area (Å²) in [5, 5.41) is -0.446. The molecule has 0 N–H and O–H groups in total. The Hall–Kier alpha value is -0.0900. The van der Waals surface area contributed by atoms with E-state index in [1.807, 2.05) is 25.1 Å². The minimum Gasteiger partial charge on any atom is -0.293 e. The summed E-state index contributed by atoms with van der Waals surface area (Å²) in [6.07, 6.45) is 0. The summed E-state index contributed by atoms with van der Waals surface area (Å²) in [4.78, 5) is 11.5. The Morgan fingerprint density at radius 2 is 2.15 bits per heavy atom. The van der Waals surface area contributed by atoms with Crippen LogP contribution in [0.2, 0.25) is 0 Å². The molecule has 0 aliphatic rings. The highest BCUT2D eigenvalue weighted by Gasteiger charge is 2.14. The summed E-state index contributed by atoms with van der Waals surface area (Å²) in [6.45, 7) is 3.62. The van der Waals surface area contributed by atoms with Gasteiger partial charge in [-0.3, -0.25) is 4.79 Å². The van der Waals surface area contributed by atoms with E-state index >= 15 is 0 Å². The van der Waals surface area contributed by atoms with Crippen molar-refractivity contribution in [1.82, 2.24) is 0 Å². The monoisotopic (exact) mass is 308 g/mol. The van der Waals surface area contributed by atoms with Crippen molar-refractivity contribution in [3.8, 4) is 0 Å². The van der Waals surface area contributed by atoms with Crippen LogP contribution in [-0.4, -0.2) is 11.2 Å². The van der Waals surface area contributed by atoms with Crippen LogP contribution in [0.5, 0.6) is 0 Å². The van der Waals surface area contributed by atoms with E-state index in [0.717, 1.165) is 14.7 Å². The molecular formula is C10H10ClIO. The van der Waals surface area contributed by atoms with Crippen molar-refractivity contribution in [2.45, 2.75) is 19.2 Å². The Balaban J connectivity index is 3.09. The molecule has 0 spiro atoms. The smallest absolute Gasteiger partial charge is 0.180 e. The van der Waals surface area contributed by atoms with Crippen LogP contribution in [0, 0.1) is 10.5 Å². The topological polar surface area (TPSA) is 17.1 Å². The molecule has 1 nitrogen and oxygen atoms in total. The maximum atomic E-state index is 11.5. The molecule has 1 atom stereocenters. The number of rotatable bonds is 2. The van der Waals surface area contributed by atoms with Gasteiger partial charge < -0.3 is 0 Å². The first-order valence-corrected chi connectivity index (χ1v) is 5.48. The molecule has 0 amide bonds. The number of benzene rings is 1. The molecule has 1 unspecified atom stereocenters. The first-order chi connectivity index (χ1) is 6.02. The molecule has 13 heavy (non-hydrogen) atoms. The van der Waals surface area contributed by atoms with Crippen LogP contribution < -0.4 is 0 Å². The van der Waals surface area contributed by atoms with Crippen LogP contribution in [-0.2, 0) is 0 Å². The fourth-order valence-corrected chi connectivity index (χ4v) is 1.88. The minimum atomic E-state index is -0.446. The van der Waals surface area contributed by atoms with Gasteiger partial charge in [0.05, 0.1) is 5.38 Å². The Labute approximate surface area is 96.6 Å². The lowest BCUT2D eigenvalue weighted by atomic mass is 10.0. The second-order valence-corrected chi connectivity index (χ2v) is 4.84. The van der Waals surface area contributed by atoms with E-state index in [1.165, 1.54) is 0 Å². The molecule has 0 aliphatic carbocycles. The van der Waals surface area contributed by atoms with Crippen molar-refractivity contribution < 1.29 is 4.79 Å². The predicted molar refractivity (Wildman–Crippen MR) is 63.5 cm³/mol. The Morgan fingerprint density at radius 3 is 2.62 bits per heavy atom. The zero-order valence-corrected chi connectivity index (χ0v) is 10.4. The van der Waals surface area contributed by atoms with Gasteiger partial charge in [0.2, 0.25) is 0 Å². The van der Waals surface area contributed by atoms with Crippen molar-refractivity contribution in [2.75, 3.05) is 0 Å². The number of hydrogen-bond donors (Lipinski definition) is 0. The van der Waals surface area contributed by atoms with E-state index in [4.69, 9.17) is 11.6 Å². The van der Waals surface area contributed by atoms with Crippen molar-refractivity contribution >= 4 is 40.0 Å². The second-order valence-electron chi connectivity index (χ2n) is 2.94. The SMILES string of the molecule is Cc1cc(I)ccc1C(=O)C(C)Cl. The average molecular weight is 309 g/mol. The van der Waals surface area contributed by atoms with Gasteiger partial charge in [-0.2, -0.15) is 0 Å². The van der Waals surface area contributed by atoms with Gasteiger partial charge in [0.25, 0.3) is 0 Å². The predicted octanol–water partition coefficient (Wildman–Crippen LogP) is 3.41. The summed E-state index contributed by atoms with van der Waals surface area (Å²) >= 11 is 7.94. The molecular weight excluding hydrogens is 298 g/mol. The van der Waals surface area contributed by atoms with Gasteiger partial charge in [-0.05, 0) is 54.1 Å². The van der Waals surface area contributed by atoms with Crippen molar-refractivity contribution in [2.24, 2.45) is 0 Å². The van der Waals surface area contributed by atoms with Gasteiger partial charge in [-0.15, -0.1) is 11.6 Å². The maximum Gasteiger partial charge on any atom is 0.180 e. The molecule has 0 bridgehead atoms. The van der Waals surface area contributed by atoms with Crippen LogP contribution in [0.25, 0.3) is 0 Å². The van der Waals surface area contributed by atoms with E-state index in [1.54, 1.807) is 6.92 Å². The van der Waals surface area contributed by atoms with E-state index in [0.29, 0.717) is 0 Å². The maximum absolute atomic E-state index is 11.5. The number of hydrogen-bond acceptors (Lipinski definition) is 1. The molecule has 0 heterocycles. The first-order valence-electron chi connectivity index (χ1n) is 3.97. The Morgan fingerprint density at radius 1 is 1.54 bits per heavy atom. The molecule has 0 fully saturated rings. The second kappa shape index (κ2) is 4.42. The fraction of sp³-hybridized carbons (Fsp3) is 0.300. The summed E-state index contributed by atoms with van der Waals surface area (Å²) < 4.78 is 1.13. The third kappa shape index (κ3) is 2.68. The number of ketones is 1. The molecule has 3 heteroatoms. The molecule has 0 saturated heterocycles. The zero-order valence-electron chi connectivity index (χ0n) is 7.47. The molecule has 1 aromatic carbocycles. The van der Waals surface area contributed by atoms with Gasteiger partial charge in [-0.1, -0.05) is 6.07 Å². The quantitative estimate of drug-likeness (QED) is 0.465. The van der Waals surface area contributed by atoms with Crippen molar-refractivity contribution in [3.05, 3.63) is 32.9 Å². The highest BCUT2D eigenvalue weighted by Crippen LogP contribution is 2.16. The zero-order chi connectivity index (χ0) is 10.0.